The maximum Gasteiger partial charge on any atom is 0.0412 e. The monoisotopic (exact) mass is 327 g/mol. The Balaban J connectivity index is 2.02. The van der Waals surface area contributed by atoms with Gasteiger partial charge < -0.3 is 0 Å². The van der Waals surface area contributed by atoms with Crippen LogP contribution in [0, 0.1) is 13.0 Å². The Morgan fingerprint density at radius 3 is 2.33 bits per heavy atom. The van der Waals surface area contributed by atoms with Crippen molar-refractivity contribution in [1.82, 2.24) is 0 Å². The fourth-order valence-electron chi connectivity index (χ4n) is 3.00. The van der Waals surface area contributed by atoms with Crippen molar-refractivity contribution in [3.05, 3.63) is 95.5 Å². The van der Waals surface area contributed by atoms with Crippen LogP contribution >= 0.6 is 11.6 Å². The summed E-state index contributed by atoms with van der Waals surface area (Å²) in [6.45, 7) is 2.11. The van der Waals surface area contributed by atoms with Crippen LogP contribution in [-0.4, -0.2) is 0 Å². The summed E-state index contributed by atoms with van der Waals surface area (Å²) in [6.07, 6.45) is 0. The second kappa shape index (κ2) is 6.14. The van der Waals surface area contributed by atoms with Gasteiger partial charge in [-0.25, -0.2) is 0 Å². The van der Waals surface area contributed by atoms with E-state index in [-0.39, 0.29) is 0 Å². The van der Waals surface area contributed by atoms with Gasteiger partial charge in [0.15, 0.2) is 0 Å². The zero-order valence-corrected chi connectivity index (χ0v) is 14.1. The smallest absolute Gasteiger partial charge is 0.0412 e. The zero-order chi connectivity index (χ0) is 16.5. The fourth-order valence-corrected chi connectivity index (χ4v) is 3.19. The van der Waals surface area contributed by atoms with Crippen LogP contribution in [0.4, 0.5) is 0 Å². The van der Waals surface area contributed by atoms with Gasteiger partial charge in [-0.1, -0.05) is 77.8 Å². The maximum absolute atomic E-state index is 6.22. The molecule has 0 saturated carbocycles. The van der Waals surface area contributed by atoms with Gasteiger partial charge in [0.25, 0.3) is 0 Å². The Hall–Kier alpha value is -2.57. The Morgan fingerprint density at radius 2 is 1.54 bits per heavy atom. The number of benzene rings is 4. The predicted octanol–water partition coefficient (Wildman–Crippen LogP) is 6.94. The van der Waals surface area contributed by atoms with Crippen LogP contribution in [0.2, 0.25) is 5.02 Å². The Labute approximate surface area is 147 Å². The van der Waals surface area contributed by atoms with E-state index in [1.807, 2.05) is 24.3 Å². The van der Waals surface area contributed by atoms with E-state index in [1.54, 1.807) is 0 Å². The molecule has 0 nitrogen and oxygen atoms in total. The molecule has 0 amide bonds. The number of hydrogen-bond donors (Lipinski definition) is 0. The van der Waals surface area contributed by atoms with E-state index in [2.05, 4.69) is 67.6 Å². The van der Waals surface area contributed by atoms with Crippen molar-refractivity contribution in [2.75, 3.05) is 0 Å². The molecule has 24 heavy (non-hydrogen) atoms. The van der Waals surface area contributed by atoms with Crippen molar-refractivity contribution >= 4 is 22.4 Å². The highest BCUT2D eigenvalue weighted by molar-refractivity contribution is 6.30. The van der Waals surface area contributed by atoms with E-state index in [0.717, 1.165) is 21.5 Å². The minimum Gasteiger partial charge on any atom is -0.0843 e. The Kier molecular flexibility index (Phi) is 3.84. The summed E-state index contributed by atoms with van der Waals surface area (Å²) >= 11 is 6.22. The average Bonchev–Trinajstić information content (AvgIpc) is 2.61. The van der Waals surface area contributed by atoms with Crippen molar-refractivity contribution < 1.29 is 0 Å². The quantitative estimate of drug-likeness (QED) is 0.374. The highest BCUT2D eigenvalue weighted by Gasteiger charge is 2.10. The lowest BCUT2D eigenvalue weighted by Gasteiger charge is -2.13. The molecule has 4 rings (SSSR count). The summed E-state index contributed by atoms with van der Waals surface area (Å²) in [4.78, 5) is 0. The number of fused-ring (bicyclic) bond motifs is 1. The minimum atomic E-state index is 0.740. The van der Waals surface area contributed by atoms with Crippen LogP contribution in [0.15, 0.2) is 78.9 Å². The first kappa shape index (κ1) is 15.0. The molecular weight excluding hydrogens is 312 g/mol. The van der Waals surface area contributed by atoms with Gasteiger partial charge in [-0.15, -0.1) is 0 Å². The van der Waals surface area contributed by atoms with Crippen molar-refractivity contribution in [3.8, 4) is 22.3 Å². The standard InChI is InChI=1S/C23H16Cl/c1-16-9-11-17(12-10-16)22-14-18-5-2-3-6-19(18)15-23(22)20-7-4-8-21(24)13-20/h2-14H,1H3. The lowest BCUT2D eigenvalue weighted by atomic mass is 9.91. The molecule has 0 saturated heterocycles. The molecule has 4 aromatic rings. The lowest BCUT2D eigenvalue weighted by molar-refractivity contribution is 1.47. The van der Waals surface area contributed by atoms with Crippen molar-refractivity contribution in [2.24, 2.45) is 0 Å². The summed E-state index contributed by atoms with van der Waals surface area (Å²) < 4.78 is 0. The van der Waals surface area contributed by atoms with Gasteiger partial charge in [0, 0.05) is 5.02 Å². The van der Waals surface area contributed by atoms with Crippen molar-refractivity contribution in [3.63, 3.8) is 0 Å². The Morgan fingerprint density at radius 1 is 0.750 bits per heavy atom. The maximum atomic E-state index is 6.22. The zero-order valence-electron chi connectivity index (χ0n) is 13.4. The second-order valence-corrected chi connectivity index (χ2v) is 6.46. The predicted molar refractivity (Wildman–Crippen MR) is 103 cm³/mol. The van der Waals surface area contributed by atoms with E-state index in [1.165, 1.54) is 22.1 Å². The van der Waals surface area contributed by atoms with Crippen LogP contribution in [0.1, 0.15) is 5.56 Å². The van der Waals surface area contributed by atoms with Gasteiger partial charge in [-0.2, -0.15) is 0 Å². The molecule has 0 aromatic heterocycles. The molecular formula is C23H16Cl. The second-order valence-electron chi connectivity index (χ2n) is 6.02. The molecule has 0 atom stereocenters. The van der Waals surface area contributed by atoms with Crippen molar-refractivity contribution in [1.29, 1.82) is 0 Å². The fraction of sp³-hybridized carbons (Fsp3) is 0.0435. The largest absolute Gasteiger partial charge is 0.0843 e. The summed E-state index contributed by atoms with van der Waals surface area (Å²) in [5.74, 6) is 0. The highest BCUT2D eigenvalue weighted by atomic mass is 35.5. The Bertz CT molecular complexity index is 1010. The van der Waals surface area contributed by atoms with Crippen LogP contribution in [0.25, 0.3) is 33.0 Å². The molecule has 1 heteroatoms. The number of hydrogen-bond acceptors (Lipinski definition) is 0. The van der Waals surface area contributed by atoms with Crippen LogP contribution < -0.4 is 0 Å². The first-order valence-corrected chi connectivity index (χ1v) is 8.36. The average molecular weight is 328 g/mol. The number of rotatable bonds is 2. The van der Waals surface area contributed by atoms with E-state index in [9.17, 15) is 0 Å². The van der Waals surface area contributed by atoms with Gasteiger partial charge in [0.1, 0.15) is 0 Å². The third-order valence-electron chi connectivity index (χ3n) is 4.27. The summed E-state index contributed by atoms with van der Waals surface area (Å²) in [5.41, 5.74) is 5.80. The van der Waals surface area contributed by atoms with Gasteiger partial charge in [0.2, 0.25) is 0 Å². The third-order valence-corrected chi connectivity index (χ3v) is 4.50. The van der Waals surface area contributed by atoms with E-state index < -0.39 is 0 Å². The summed E-state index contributed by atoms with van der Waals surface area (Å²) in [6, 6.07) is 30.8. The lowest BCUT2D eigenvalue weighted by Crippen LogP contribution is -1.88. The van der Waals surface area contributed by atoms with Gasteiger partial charge in [-0.3, -0.25) is 0 Å². The SMILES string of the molecule is Cc1ccc(-c2cc3ccccc3[c]c2-c2cccc(Cl)c2)cc1. The molecule has 115 valence electrons. The first-order valence-electron chi connectivity index (χ1n) is 7.99. The summed E-state index contributed by atoms with van der Waals surface area (Å²) in [7, 11) is 0. The van der Waals surface area contributed by atoms with Crippen LogP contribution in [0.5, 0.6) is 0 Å². The van der Waals surface area contributed by atoms with E-state index >= 15 is 0 Å². The van der Waals surface area contributed by atoms with Gasteiger partial charge >= 0.3 is 0 Å². The van der Waals surface area contributed by atoms with E-state index in [4.69, 9.17) is 11.6 Å². The number of halogens is 1. The van der Waals surface area contributed by atoms with Gasteiger partial charge in [-0.05, 0) is 64.2 Å². The molecule has 0 fully saturated rings. The molecule has 0 unspecified atom stereocenters. The molecule has 0 bridgehead atoms. The molecule has 4 aromatic carbocycles. The molecule has 0 heterocycles. The topological polar surface area (TPSA) is 0 Å². The molecule has 0 aliphatic carbocycles. The number of aryl methyl sites for hydroxylation is 1. The van der Waals surface area contributed by atoms with Crippen LogP contribution in [0.3, 0.4) is 0 Å². The highest BCUT2D eigenvalue weighted by Crippen LogP contribution is 2.36. The first-order chi connectivity index (χ1) is 11.7. The summed E-state index contributed by atoms with van der Waals surface area (Å²) in [5, 5.41) is 3.05. The molecule has 0 N–H and O–H groups in total. The molecule has 0 aliphatic rings. The van der Waals surface area contributed by atoms with E-state index in [0.29, 0.717) is 0 Å². The van der Waals surface area contributed by atoms with Crippen LogP contribution in [-0.2, 0) is 0 Å². The molecule has 0 aliphatic heterocycles. The normalized spacial score (nSPS) is 10.9. The van der Waals surface area contributed by atoms with Gasteiger partial charge in [0.05, 0.1) is 0 Å². The minimum absolute atomic E-state index is 0.740. The molecule has 0 spiro atoms. The third kappa shape index (κ3) is 2.81. The van der Waals surface area contributed by atoms with Crippen molar-refractivity contribution in [2.45, 2.75) is 6.92 Å². The molecule has 1 radical (unpaired) electrons.